The van der Waals surface area contributed by atoms with Crippen LogP contribution in [0.5, 0.6) is 17.2 Å². The number of hydrogen-bond donors (Lipinski definition) is 0. The number of para-hydroxylation sites is 1. The smallest absolute Gasteiger partial charge is 0.375 e. The van der Waals surface area contributed by atoms with Gasteiger partial charge >= 0.3 is 5.30 Å². The monoisotopic (exact) mass is 493 g/mol. The lowest BCUT2D eigenvalue weighted by Gasteiger charge is -2.47. The van der Waals surface area contributed by atoms with E-state index in [0.717, 1.165) is 0 Å². The van der Waals surface area contributed by atoms with E-state index in [1.165, 1.54) is 23.8 Å². The zero-order chi connectivity index (χ0) is 25.0. The van der Waals surface area contributed by atoms with Crippen LogP contribution in [0.15, 0.2) is 48.5 Å². The molecule has 2 aromatic rings. The van der Waals surface area contributed by atoms with Gasteiger partial charge in [0.1, 0.15) is 11.8 Å². The van der Waals surface area contributed by atoms with Gasteiger partial charge in [0, 0.05) is 7.05 Å². The van der Waals surface area contributed by atoms with Crippen molar-refractivity contribution in [2.75, 3.05) is 13.8 Å². The molecule has 0 bridgehead atoms. The predicted molar refractivity (Wildman–Crippen MR) is 126 cm³/mol. The molecule has 2 saturated heterocycles. The number of carbonyl (C=O) groups is 3. The Labute approximate surface area is 206 Å². The highest BCUT2D eigenvalue weighted by Gasteiger charge is 2.63. The van der Waals surface area contributed by atoms with E-state index >= 15 is 0 Å². The average molecular weight is 494 g/mol. The quantitative estimate of drug-likeness (QED) is 0.596. The number of benzene rings is 2. The van der Waals surface area contributed by atoms with Crippen LogP contribution >= 0.6 is 11.8 Å². The third-order valence-electron chi connectivity index (χ3n) is 6.92. The van der Waals surface area contributed by atoms with Crippen LogP contribution in [0, 0.1) is 16.7 Å². The molecule has 9 nitrogen and oxygen atoms in total. The van der Waals surface area contributed by atoms with Gasteiger partial charge in [-0.25, -0.2) is 4.79 Å². The van der Waals surface area contributed by atoms with Crippen molar-refractivity contribution < 1.29 is 28.6 Å². The highest BCUT2D eigenvalue weighted by molar-refractivity contribution is 8.15. The molecule has 0 spiro atoms. The largest absolute Gasteiger partial charge is 0.454 e. The molecule has 2 unspecified atom stereocenters. The van der Waals surface area contributed by atoms with Crippen LogP contribution in [-0.4, -0.2) is 51.7 Å². The van der Waals surface area contributed by atoms with Crippen molar-refractivity contribution in [3.8, 4) is 23.3 Å². The van der Waals surface area contributed by atoms with Crippen molar-refractivity contribution in [2.24, 2.45) is 5.41 Å². The van der Waals surface area contributed by atoms with Gasteiger partial charge in [0.05, 0.1) is 17.5 Å². The molecule has 0 aliphatic carbocycles. The number of amides is 2. The Balaban J connectivity index is 1.51. The van der Waals surface area contributed by atoms with Crippen LogP contribution in [-0.2, 0) is 9.59 Å². The van der Waals surface area contributed by atoms with Crippen LogP contribution in [0.25, 0.3) is 0 Å². The van der Waals surface area contributed by atoms with Gasteiger partial charge in [0.25, 0.3) is 5.91 Å². The Bertz CT molecular complexity index is 1260. The van der Waals surface area contributed by atoms with Gasteiger partial charge in [-0.2, -0.15) is 5.26 Å². The molecule has 3 aliphatic heterocycles. The van der Waals surface area contributed by atoms with Crippen molar-refractivity contribution in [1.82, 2.24) is 9.80 Å². The first kappa shape index (κ1) is 23.1. The summed E-state index contributed by atoms with van der Waals surface area (Å²) in [6, 6.07) is 14.5. The van der Waals surface area contributed by atoms with Gasteiger partial charge in [-0.05, 0) is 61.9 Å². The van der Waals surface area contributed by atoms with Crippen LogP contribution in [0.3, 0.4) is 0 Å². The molecule has 35 heavy (non-hydrogen) atoms. The normalized spacial score (nSPS) is 29.1. The first-order chi connectivity index (χ1) is 16.7. The summed E-state index contributed by atoms with van der Waals surface area (Å²) in [5, 5.41) is 9.41. The summed E-state index contributed by atoms with van der Waals surface area (Å²) < 4.78 is 16.3. The van der Waals surface area contributed by atoms with E-state index in [9.17, 15) is 19.6 Å². The second kappa shape index (κ2) is 8.20. The average Bonchev–Trinajstić information content (AvgIpc) is 3.44. The topological polar surface area (TPSA) is 109 Å². The van der Waals surface area contributed by atoms with Crippen LogP contribution in [0.1, 0.15) is 31.9 Å². The number of nitriles is 1. The molecule has 4 atom stereocenters. The summed E-state index contributed by atoms with van der Waals surface area (Å²) in [4.78, 5) is 41.5. The summed E-state index contributed by atoms with van der Waals surface area (Å²) in [5.74, 6) is 0.646. The molecule has 0 saturated carbocycles. The van der Waals surface area contributed by atoms with Crippen LogP contribution in [0.2, 0.25) is 0 Å². The summed E-state index contributed by atoms with van der Waals surface area (Å²) in [6.07, 6.45) is 0.173. The molecular weight excluding hydrogens is 470 g/mol. The number of piperazine rings is 1. The molecule has 0 radical (unpaired) electrons. The Morgan fingerprint density at radius 3 is 2.57 bits per heavy atom. The van der Waals surface area contributed by atoms with Crippen molar-refractivity contribution in [3.63, 3.8) is 0 Å². The van der Waals surface area contributed by atoms with E-state index in [1.54, 1.807) is 55.5 Å². The van der Waals surface area contributed by atoms with E-state index in [1.807, 2.05) is 0 Å². The summed E-state index contributed by atoms with van der Waals surface area (Å²) in [7, 11) is 1.50. The molecule has 180 valence electrons. The Kier molecular flexibility index (Phi) is 5.40. The zero-order valence-corrected chi connectivity index (χ0v) is 20.2. The Morgan fingerprint density at radius 1 is 1.14 bits per heavy atom. The highest BCUT2D eigenvalue weighted by atomic mass is 32.2. The predicted octanol–water partition coefficient (Wildman–Crippen LogP) is 3.71. The third kappa shape index (κ3) is 3.58. The third-order valence-corrected chi connectivity index (χ3v) is 8.01. The summed E-state index contributed by atoms with van der Waals surface area (Å²) in [6.45, 7) is 3.36. The maximum Gasteiger partial charge on any atom is 0.375 e. The van der Waals surface area contributed by atoms with Crippen molar-refractivity contribution in [3.05, 3.63) is 54.1 Å². The second-order valence-corrected chi connectivity index (χ2v) is 10.5. The van der Waals surface area contributed by atoms with Crippen LogP contribution in [0.4, 0.5) is 4.79 Å². The summed E-state index contributed by atoms with van der Waals surface area (Å²) in [5.41, 5.74) is -0.379. The molecule has 3 aliphatic rings. The van der Waals surface area contributed by atoms with Crippen molar-refractivity contribution in [1.29, 1.82) is 5.26 Å². The molecular formula is C25H23N3O6S. The molecule has 2 fully saturated rings. The van der Waals surface area contributed by atoms with Gasteiger partial charge in [0.15, 0.2) is 16.4 Å². The standard InChI is InChI=1S/C25H23N3O6S/c1-24(13-26)12-17-21(29)27(3)25(2,35-23(31)34-16-7-5-4-6-8-16)22(30)28(17)20(24)15-9-10-18-19(11-15)33-14-32-18/h4-11,17,20H,12,14H2,1-3H3/t17?,20?,24-,25+/m1/s1. The van der Waals surface area contributed by atoms with Gasteiger partial charge in [-0.15, -0.1) is 0 Å². The zero-order valence-electron chi connectivity index (χ0n) is 19.4. The first-order valence-corrected chi connectivity index (χ1v) is 11.9. The molecule has 0 aromatic heterocycles. The fraction of sp³-hybridized carbons (Fsp3) is 0.360. The minimum atomic E-state index is -1.56. The number of fused-ring (bicyclic) bond motifs is 2. The van der Waals surface area contributed by atoms with E-state index in [-0.39, 0.29) is 19.1 Å². The number of rotatable bonds is 3. The number of hydrogen-bond acceptors (Lipinski definition) is 8. The lowest BCUT2D eigenvalue weighted by atomic mass is 9.79. The molecule has 0 N–H and O–H groups in total. The number of thioether (sulfide) groups is 1. The number of ether oxygens (including phenoxy) is 3. The van der Waals surface area contributed by atoms with Gasteiger partial charge in [-0.1, -0.05) is 24.3 Å². The summed E-state index contributed by atoms with van der Waals surface area (Å²) >= 11 is 0.637. The number of nitrogens with zero attached hydrogens (tertiary/aromatic N) is 3. The Morgan fingerprint density at radius 2 is 1.86 bits per heavy atom. The number of carbonyl (C=O) groups excluding carboxylic acids is 3. The molecule has 2 amide bonds. The highest BCUT2D eigenvalue weighted by Crippen LogP contribution is 2.55. The fourth-order valence-corrected chi connectivity index (χ4v) is 5.86. The van der Waals surface area contributed by atoms with Crippen LogP contribution < -0.4 is 14.2 Å². The lowest BCUT2D eigenvalue weighted by molar-refractivity contribution is -0.161. The maximum absolute atomic E-state index is 14.0. The van der Waals surface area contributed by atoms with Gasteiger partial charge in [-0.3, -0.25) is 9.59 Å². The first-order valence-electron chi connectivity index (χ1n) is 11.0. The van der Waals surface area contributed by atoms with Crippen molar-refractivity contribution in [2.45, 2.75) is 37.2 Å². The maximum atomic E-state index is 14.0. The minimum Gasteiger partial charge on any atom is -0.454 e. The Hall–Kier alpha value is -3.71. The van der Waals surface area contributed by atoms with Gasteiger partial charge < -0.3 is 24.0 Å². The fourth-order valence-electron chi connectivity index (χ4n) is 4.98. The minimum absolute atomic E-state index is 0.0890. The lowest BCUT2D eigenvalue weighted by Crippen LogP contribution is -2.67. The molecule has 10 heteroatoms. The SMILES string of the molecule is CN1C(=O)C2C[C@](C)(C#N)C(c3ccc4c(c3)OCO4)N2C(=O)[C@]1(C)SC(=O)Oc1ccccc1. The van der Waals surface area contributed by atoms with Gasteiger partial charge in [0.2, 0.25) is 12.7 Å². The van der Waals surface area contributed by atoms with E-state index in [4.69, 9.17) is 14.2 Å². The molecule has 2 aromatic carbocycles. The molecule has 3 heterocycles. The second-order valence-electron chi connectivity index (χ2n) is 9.12. The van der Waals surface area contributed by atoms with E-state index in [2.05, 4.69) is 6.07 Å². The van der Waals surface area contributed by atoms with E-state index in [0.29, 0.717) is 34.6 Å². The molecule has 5 rings (SSSR count). The number of likely N-dealkylation sites (N-methyl/N-ethyl adjacent to an activating group) is 1. The van der Waals surface area contributed by atoms with Crippen molar-refractivity contribution >= 4 is 28.9 Å². The van der Waals surface area contributed by atoms with E-state index < -0.39 is 33.6 Å².